The molecule has 112 valence electrons. The van der Waals surface area contributed by atoms with Gasteiger partial charge < -0.3 is 4.74 Å². The van der Waals surface area contributed by atoms with Gasteiger partial charge in [0.05, 0.1) is 17.7 Å². The molecule has 2 amide bonds. The highest BCUT2D eigenvalue weighted by molar-refractivity contribution is 14.1. The van der Waals surface area contributed by atoms with Gasteiger partial charge in [-0.15, -0.1) is 0 Å². The predicted octanol–water partition coefficient (Wildman–Crippen LogP) is 3.36. The fourth-order valence-electron chi connectivity index (χ4n) is 2.39. The van der Waals surface area contributed by atoms with E-state index in [4.69, 9.17) is 4.74 Å². The minimum absolute atomic E-state index is 0.213. The number of hydrogen-bond acceptors (Lipinski definition) is 3. The van der Waals surface area contributed by atoms with Crippen LogP contribution in [-0.4, -0.2) is 29.9 Å². The first kappa shape index (κ1) is 15.0. The maximum atomic E-state index is 12.2. The Morgan fingerprint density at radius 2 is 1.50 bits per heavy atom. The van der Waals surface area contributed by atoms with E-state index in [1.807, 2.05) is 24.3 Å². The number of fused-ring (bicyclic) bond motifs is 1. The average molecular weight is 407 g/mol. The van der Waals surface area contributed by atoms with Crippen LogP contribution in [0.25, 0.3) is 0 Å². The van der Waals surface area contributed by atoms with Gasteiger partial charge in [-0.2, -0.15) is 0 Å². The van der Waals surface area contributed by atoms with E-state index in [-0.39, 0.29) is 11.8 Å². The quantitative estimate of drug-likeness (QED) is 0.434. The Kier molecular flexibility index (Phi) is 4.42. The van der Waals surface area contributed by atoms with Gasteiger partial charge in [-0.25, -0.2) is 0 Å². The minimum Gasteiger partial charge on any atom is -0.494 e. The lowest BCUT2D eigenvalue weighted by molar-refractivity contribution is 0.0647. The first-order valence-corrected chi connectivity index (χ1v) is 8.08. The van der Waals surface area contributed by atoms with Crippen LogP contribution in [0.3, 0.4) is 0 Å². The number of nitrogens with zero attached hydrogens (tertiary/aromatic N) is 1. The molecule has 0 atom stereocenters. The van der Waals surface area contributed by atoms with Crippen molar-refractivity contribution in [2.75, 3.05) is 13.2 Å². The summed E-state index contributed by atoms with van der Waals surface area (Å²) in [5.41, 5.74) is 0.983. The Balaban J connectivity index is 1.54. The summed E-state index contributed by atoms with van der Waals surface area (Å²) in [6.07, 6.45) is 0.609. The summed E-state index contributed by atoms with van der Waals surface area (Å²) in [5, 5.41) is 0. The third-order valence-corrected chi connectivity index (χ3v) is 4.21. The van der Waals surface area contributed by atoms with Gasteiger partial charge in [-0.3, -0.25) is 14.5 Å². The zero-order chi connectivity index (χ0) is 15.5. The molecule has 0 N–H and O–H groups in total. The highest BCUT2D eigenvalue weighted by Crippen LogP contribution is 2.22. The van der Waals surface area contributed by atoms with Gasteiger partial charge in [0.1, 0.15) is 5.75 Å². The third-order valence-electron chi connectivity index (χ3n) is 3.49. The number of carbonyl (C=O) groups excluding carboxylic acids is 2. The van der Waals surface area contributed by atoms with Gasteiger partial charge in [0.2, 0.25) is 0 Å². The third kappa shape index (κ3) is 2.99. The maximum Gasteiger partial charge on any atom is 0.261 e. The van der Waals surface area contributed by atoms with Crippen LogP contribution < -0.4 is 4.74 Å². The summed E-state index contributed by atoms with van der Waals surface area (Å²) in [6, 6.07) is 14.7. The van der Waals surface area contributed by atoms with E-state index in [2.05, 4.69) is 22.6 Å². The molecule has 0 aliphatic carbocycles. The molecule has 0 spiro atoms. The van der Waals surface area contributed by atoms with Gasteiger partial charge in [-0.05, 0) is 65.4 Å². The second kappa shape index (κ2) is 6.48. The standard InChI is InChI=1S/C17H14INO3/c18-12-6-8-13(9-7-12)22-11-3-10-19-16(20)14-4-1-2-5-15(14)17(19)21/h1-2,4-9H,3,10-11H2. The molecule has 4 nitrogen and oxygen atoms in total. The number of benzene rings is 2. The van der Waals surface area contributed by atoms with E-state index in [1.54, 1.807) is 24.3 Å². The normalized spacial score (nSPS) is 13.4. The second-order valence-corrected chi connectivity index (χ2v) is 6.21. The van der Waals surface area contributed by atoms with Gasteiger partial charge in [0.15, 0.2) is 0 Å². The van der Waals surface area contributed by atoms with Crippen LogP contribution in [0.4, 0.5) is 0 Å². The van der Waals surface area contributed by atoms with Gasteiger partial charge >= 0.3 is 0 Å². The van der Waals surface area contributed by atoms with Gasteiger partial charge in [0, 0.05) is 10.1 Å². The molecule has 22 heavy (non-hydrogen) atoms. The molecule has 0 saturated heterocycles. The largest absolute Gasteiger partial charge is 0.494 e. The van der Waals surface area contributed by atoms with Gasteiger partial charge in [0.25, 0.3) is 11.8 Å². The van der Waals surface area contributed by atoms with Crippen molar-refractivity contribution in [3.63, 3.8) is 0 Å². The Morgan fingerprint density at radius 1 is 0.909 bits per heavy atom. The van der Waals surface area contributed by atoms with Crippen LogP contribution in [-0.2, 0) is 0 Å². The highest BCUT2D eigenvalue weighted by atomic mass is 127. The molecule has 0 unspecified atom stereocenters. The average Bonchev–Trinajstić information content (AvgIpc) is 2.78. The first-order valence-electron chi connectivity index (χ1n) is 7.00. The van der Waals surface area contributed by atoms with Crippen molar-refractivity contribution >= 4 is 34.4 Å². The van der Waals surface area contributed by atoms with Crippen molar-refractivity contribution in [3.8, 4) is 5.75 Å². The molecule has 0 radical (unpaired) electrons. The molecule has 0 fully saturated rings. The molecule has 5 heteroatoms. The predicted molar refractivity (Wildman–Crippen MR) is 91.1 cm³/mol. The number of rotatable bonds is 5. The monoisotopic (exact) mass is 407 g/mol. The van der Waals surface area contributed by atoms with Crippen LogP contribution in [0.1, 0.15) is 27.1 Å². The molecular formula is C17H14INO3. The number of amides is 2. The van der Waals surface area contributed by atoms with E-state index in [0.717, 1.165) is 9.32 Å². The fraction of sp³-hybridized carbons (Fsp3) is 0.176. The maximum absolute atomic E-state index is 12.2. The minimum atomic E-state index is -0.213. The zero-order valence-electron chi connectivity index (χ0n) is 11.8. The summed E-state index contributed by atoms with van der Waals surface area (Å²) < 4.78 is 6.76. The smallest absolute Gasteiger partial charge is 0.261 e. The van der Waals surface area contributed by atoms with Crippen molar-refractivity contribution in [1.29, 1.82) is 0 Å². The van der Waals surface area contributed by atoms with E-state index >= 15 is 0 Å². The lowest BCUT2D eigenvalue weighted by Crippen LogP contribution is -2.31. The fourth-order valence-corrected chi connectivity index (χ4v) is 2.75. The van der Waals surface area contributed by atoms with Crippen molar-refractivity contribution in [1.82, 2.24) is 4.90 Å². The molecule has 1 aliphatic rings. The molecular weight excluding hydrogens is 393 g/mol. The Hall–Kier alpha value is -1.89. The molecule has 0 saturated carbocycles. The summed E-state index contributed by atoms with van der Waals surface area (Å²) in [4.78, 5) is 25.6. The van der Waals surface area contributed by atoms with E-state index in [1.165, 1.54) is 4.90 Å². The van der Waals surface area contributed by atoms with Crippen molar-refractivity contribution in [3.05, 3.63) is 63.2 Å². The van der Waals surface area contributed by atoms with Crippen LogP contribution in [0.2, 0.25) is 0 Å². The summed E-state index contributed by atoms with van der Waals surface area (Å²) in [6.45, 7) is 0.838. The lowest BCUT2D eigenvalue weighted by Gasteiger charge is -2.14. The van der Waals surface area contributed by atoms with Crippen LogP contribution in [0, 0.1) is 3.57 Å². The number of hydrogen-bond donors (Lipinski definition) is 0. The number of carbonyl (C=O) groups is 2. The Bertz CT molecular complexity index is 677. The van der Waals surface area contributed by atoms with Crippen molar-refractivity contribution in [2.24, 2.45) is 0 Å². The zero-order valence-corrected chi connectivity index (χ0v) is 13.9. The first-order chi connectivity index (χ1) is 10.7. The molecule has 1 heterocycles. The van der Waals surface area contributed by atoms with Crippen LogP contribution >= 0.6 is 22.6 Å². The van der Waals surface area contributed by atoms with Crippen molar-refractivity contribution in [2.45, 2.75) is 6.42 Å². The lowest BCUT2D eigenvalue weighted by atomic mass is 10.1. The molecule has 2 aromatic carbocycles. The summed E-state index contributed by atoms with van der Waals surface area (Å²) >= 11 is 2.23. The van der Waals surface area contributed by atoms with E-state index < -0.39 is 0 Å². The molecule has 3 rings (SSSR count). The number of ether oxygens (including phenoxy) is 1. The molecule has 0 bridgehead atoms. The number of halogens is 1. The SMILES string of the molecule is O=C1c2ccccc2C(=O)N1CCCOc1ccc(I)cc1. The van der Waals surface area contributed by atoms with E-state index in [0.29, 0.717) is 30.7 Å². The van der Waals surface area contributed by atoms with E-state index in [9.17, 15) is 9.59 Å². The van der Waals surface area contributed by atoms with Crippen LogP contribution in [0.5, 0.6) is 5.75 Å². The van der Waals surface area contributed by atoms with Gasteiger partial charge in [-0.1, -0.05) is 12.1 Å². The summed E-state index contributed by atoms with van der Waals surface area (Å²) in [5.74, 6) is 0.368. The second-order valence-electron chi connectivity index (χ2n) is 4.96. The highest BCUT2D eigenvalue weighted by Gasteiger charge is 2.34. The van der Waals surface area contributed by atoms with Crippen molar-refractivity contribution < 1.29 is 14.3 Å². The molecule has 2 aromatic rings. The van der Waals surface area contributed by atoms with Crippen LogP contribution in [0.15, 0.2) is 48.5 Å². The summed E-state index contributed by atoms with van der Waals surface area (Å²) in [7, 11) is 0. The Labute approximate surface area is 142 Å². The molecule has 1 aliphatic heterocycles. The number of imide groups is 1. The topological polar surface area (TPSA) is 46.6 Å². The Morgan fingerprint density at radius 3 is 2.09 bits per heavy atom. The molecule has 0 aromatic heterocycles.